The molecule has 0 spiro atoms. The number of piperidine rings is 1. The van der Waals surface area contributed by atoms with Crippen LogP contribution in [0.3, 0.4) is 0 Å². The van der Waals surface area contributed by atoms with Gasteiger partial charge in [-0.25, -0.2) is 4.98 Å². The van der Waals surface area contributed by atoms with Crippen LogP contribution in [-0.2, 0) is 16.0 Å². The quantitative estimate of drug-likeness (QED) is 0.826. The molecule has 6 heteroatoms. The summed E-state index contributed by atoms with van der Waals surface area (Å²) in [5.41, 5.74) is 0.510. The van der Waals surface area contributed by atoms with E-state index in [-0.39, 0.29) is 11.8 Å². The van der Waals surface area contributed by atoms with Gasteiger partial charge in [-0.2, -0.15) is 0 Å². The molecule has 6 nitrogen and oxygen atoms in total. The molecule has 0 saturated carbocycles. The van der Waals surface area contributed by atoms with Crippen molar-refractivity contribution in [1.82, 2.24) is 14.9 Å². The van der Waals surface area contributed by atoms with Crippen LogP contribution in [0.5, 0.6) is 0 Å². The topological polar surface area (TPSA) is 70.6 Å². The van der Waals surface area contributed by atoms with Crippen LogP contribution in [0.25, 0.3) is 0 Å². The Kier molecular flexibility index (Phi) is 3.49. The Morgan fingerprint density at radius 2 is 2.29 bits per heavy atom. The number of hydrogen-bond acceptors (Lipinski definition) is 5. The average molecular weight is 293 g/mol. The molecule has 4 heterocycles. The zero-order chi connectivity index (χ0) is 14.3. The van der Waals surface area contributed by atoms with E-state index in [0.29, 0.717) is 25.9 Å². The molecule has 4 atom stereocenters. The van der Waals surface area contributed by atoms with Crippen molar-refractivity contribution in [1.29, 1.82) is 0 Å². The minimum atomic E-state index is -0.617. The second kappa shape index (κ2) is 5.35. The van der Waals surface area contributed by atoms with Gasteiger partial charge in [0.25, 0.3) is 0 Å². The third kappa shape index (κ3) is 2.30. The molecule has 0 aromatic carbocycles. The molecule has 0 aliphatic carbocycles. The predicted molar refractivity (Wildman–Crippen MR) is 75.6 cm³/mol. The molecule has 0 bridgehead atoms. The third-order valence-electron chi connectivity index (χ3n) is 5.49. The molecule has 116 valence electrons. The number of likely N-dealkylation sites (tertiary alicyclic amines) is 1. The number of aliphatic hydroxyl groups is 1. The number of ether oxygens (including phenoxy) is 2. The van der Waals surface area contributed by atoms with Gasteiger partial charge >= 0.3 is 0 Å². The molecular weight excluding hydrogens is 270 g/mol. The van der Waals surface area contributed by atoms with E-state index in [4.69, 9.17) is 9.47 Å². The summed E-state index contributed by atoms with van der Waals surface area (Å²) < 4.78 is 11.3. The van der Waals surface area contributed by atoms with Gasteiger partial charge in [0, 0.05) is 62.5 Å². The summed E-state index contributed by atoms with van der Waals surface area (Å²) in [5, 5.41) is 11.2. The standard InChI is InChI=1S/C15H23N3O3/c19-15-2-4-21-8-11(15)6-18(7-12-5-16-10-17-12)14-1-3-20-9-13(14)15/h5,10-11,13-14,19H,1-4,6-9H2,(H,16,17)/t11-,13+,14-,15-/m0/s1. The molecule has 4 rings (SSSR count). The van der Waals surface area contributed by atoms with Crippen LogP contribution in [0.1, 0.15) is 18.5 Å². The highest BCUT2D eigenvalue weighted by atomic mass is 16.5. The van der Waals surface area contributed by atoms with Gasteiger partial charge in [-0.3, -0.25) is 4.90 Å². The van der Waals surface area contributed by atoms with Crippen LogP contribution in [0.4, 0.5) is 0 Å². The normalized spacial score (nSPS) is 40.5. The minimum absolute atomic E-state index is 0.178. The maximum atomic E-state index is 11.2. The van der Waals surface area contributed by atoms with E-state index < -0.39 is 5.60 Å². The van der Waals surface area contributed by atoms with Crippen molar-refractivity contribution in [3.05, 3.63) is 18.2 Å². The maximum Gasteiger partial charge on any atom is 0.0922 e. The van der Waals surface area contributed by atoms with Crippen LogP contribution in [0, 0.1) is 11.8 Å². The number of H-pyrrole nitrogens is 1. The van der Waals surface area contributed by atoms with Crippen LogP contribution in [0.15, 0.2) is 12.5 Å². The van der Waals surface area contributed by atoms with E-state index in [1.807, 2.05) is 6.20 Å². The number of nitrogens with zero attached hydrogens (tertiary/aromatic N) is 2. The van der Waals surface area contributed by atoms with E-state index in [0.717, 1.165) is 38.2 Å². The summed E-state index contributed by atoms with van der Waals surface area (Å²) in [6.07, 6.45) is 5.34. The molecule has 1 aromatic rings. The number of fused-ring (bicyclic) bond motifs is 3. The smallest absolute Gasteiger partial charge is 0.0922 e. The molecule has 0 unspecified atom stereocenters. The minimum Gasteiger partial charge on any atom is -0.389 e. The number of hydrogen-bond donors (Lipinski definition) is 2. The van der Waals surface area contributed by atoms with Crippen molar-refractivity contribution in [2.75, 3.05) is 33.0 Å². The highest BCUT2D eigenvalue weighted by Gasteiger charge is 2.55. The fourth-order valence-corrected chi connectivity index (χ4v) is 4.34. The Morgan fingerprint density at radius 3 is 3.14 bits per heavy atom. The first-order valence-electron chi connectivity index (χ1n) is 7.86. The van der Waals surface area contributed by atoms with Gasteiger partial charge in [-0.1, -0.05) is 0 Å². The van der Waals surface area contributed by atoms with Crippen molar-refractivity contribution >= 4 is 0 Å². The van der Waals surface area contributed by atoms with Crippen molar-refractivity contribution in [2.24, 2.45) is 11.8 Å². The number of nitrogens with one attached hydrogen (secondary N) is 1. The van der Waals surface area contributed by atoms with Gasteiger partial charge < -0.3 is 19.6 Å². The first kappa shape index (κ1) is 13.7. The van der Waals surface area contributed by atoms with E-state index in [1.165, 1.54) is 0 Å². The van der Waals surface area contributed by atoms with Crippen molar-refractivity contribution < 1.29 is 14.6 Å². The molecular formula is C15H23N3O3. The lowest BCUT2D eigenvalue weighted by Gasteiger charge is -2.57. The number of rotatable bonds is 2. The fourth-order valence-electron chi connectivity index (χ4n) is 4.34. The van der Waals surface area contributed by atoms with E-state index in [1.54, 1.807) is 6.33 Å². The largest absolute Gasteiger partial charge is 0.389 e. The Balaban J connectivity index is 1.60. The molecule has 2 N–H and O–H groups in total. The van der Waals surface area contributed by atoms with Crippen LogP contribution in [-0.4, -0.2) is 64.6 Å². The van der Waals surface area contributed by atoms with E-state index >= 15 is 0 Å². The molecule has 21 heavy (non-hydrogen) atoms. The van der Waals surface area contributed by atoms with Crippen LogP contribution < -0.4 is 0 Å². The highest BCUT2D eigenvalue weighted by Crippen LogP contribution is 2.44. The Labute approximate surface area is 124 Å². The van der Waals surface area contributed by atoms with E-state index in [2.05, 4.69) is 14.9 Å². The van der Waals surface area contributed by atoms with Crippen LogP contribution in [0.2, 0.25) is 0 Å². The second-order valence-corrected chi connectivity index (χ2v) is 6.56. The summed E-state index contributed by atoms with van der Waals surface area (Å²) in [7, 11) is 0. The Hall–Kier alpha value is -0.950. The summed E-state index contributed by atoms with van der Waals surface area (Å²) in [5.74, 6) is 0.369. The van der Waals surface area contributed by atoms with Crippen molar-refractivity contribution in [2.45, 2.75) is 31.0 Å². The number of aromatic amines is 1. The van der Waals surface area contributed by atoms with Gasteiger partial charge in [0.1, 0.15) is 0 Å². The molecule has 1 aromatic heterocycles. The van der Waals surface area contributed by atoms with Gasteiger partial charge in [0.2, 0.25) is 0 Å². The zero-order valence-electron chi connectivity index (χ0n) is 12.2. The maximum absolute atomic E-state index is 11.2. The summed E-state index contributed by atoms with van der Waals surface area (Å²) in [4.78, 5) is 9.77. The lowest BCUT2D eigenvalue weighted by Crippen LogP contribution is -2.67. The first-order valence-corrected chi connectivity index (χ1v) is 7.86. The van der Waals surface area contributed by atoms with Gasteiger partial charge in [0.15, 0.2) is 0 Å². The van der Waals surface area contributed by atoms with Crippen molar-refractivity contribution in [3.8, 4) is 0 Å². The zero-order valence-corrected chi connectivity index (χ0v) is 12.2. The molecule has 3 saturated heterocycles. The second-order valence-electron chi connectivity index (χ2n) is 6.56. The monoisotopic (exact) mass is 293 g/mol. The van der Waals surface area contributed by atoms with Gasteiger partial charge in [0.05, 0.1) is 25.1 Å². The lowest BCUT2D eigenvalue weighted by molar-refractivity contribution is -0.221. The predicted octanol–water partition coefficient (Wildman–Crippen LogP) is 0.398. The first-order chi connectivity index (χ1) is 10.3. The lowest BCUT2D eigenvalue weighted by atomic mass is 9.66. The fraction of sp³-hybridized carbons (Fsp3) is 0.800. The summed E-state index contributed by atoms with van der Waals surface area (Å²) >= 11 is 0. The molecule has 3 fully saturated rings. The van der Waals surface area contributed by atoms with Crippen LogP contribution >= 0.6 is 0 Å². The molecule has 3 aliphatic heterocycles. The average Bonchev–Trinajstić information content (AvgIpc) is 3.01. The molecule has 0 radical (unpaired) electrons. The Morgan fingerprint density at radius 1 is 1.38 bits per heavy atom. The highest BCUT2D eigenvalue weighted by molar-refractivity contribution is 5.07. The number of imidazole rings is 1. The molecule has 3 aliphatic rings. The summed E-state index contributed by atoms with van der Waals surface area (Å²) in [6, 6.07) is 0.390. The van der Waals surface area contributed by atoms with E-state index in [9.17, 15) is 5.11 Å². The SMILES string of the molecule is O[C@@]12CCOC[C@@H]1CN(Cc1cnc[nH]1)[C@H]1CCOC[C@H]12. The van der Waals surface area contributed by atoms with Gasteiger partial charge in [-0.15, -0.1) is 0 Å². The van der Waals surface area contributed by atoms with Crippen molar-refractivity contribution in [3.63, 3.8) is 0 Å². The molecule has 0 amide bonds. The van der Waals surface area contributed by atoms with Gasteiger partial charge in [-0.05, 0) is 6.42 Å². The number of aromatic nitrogens is 2. The summed E-state index contributed by atoms with van der Waals surface area (Å²) in [6.45, 7) is 4.51. The Bertz CT molecular complexity index is 481. The third-order valence-corrected chi connectivity index (χ3v) is 5.49.